The number of ether oxygens (including phenoxy) is 5. The van der Waals surface area contributed by atoms with E-state index in [4.69, 9.17) is 23.7 Å². The molecule has 10 atom stereocenters. The van der Waals surface area contributed by atoms with Gasteiger partial charge >= 0.3 is 17.9 Å². The lowest BCUT2D eigenvalue weighted by molar-refractivity contribution is -0.253. The van der Waals surface area contributed by atoms with Gasteiger partial charge in [0.15, 0.2) is 17.5 Å². The molecule has 3 aliphatic heterocycles. The van der Waals surface area contributed by atoms with Crippen molar-refractivity contribution in [1.82, 2.24) is 0 Å². The summed E-state index contributed by atoms with van der Waals surface area (Å²) in [5.74, 6) is -4.08. The molecule has 1 N–H and O–H groups in total. The van der Waals surface area contributed by atoms with Gasteiger partial charge < -0.3 is 28.8 Å². The van der Waals surface area contributed by atoms with Gasteiger partial charge in [0, 0.05) is 44.9 Å². The number of carbonyl (C=O) groups excluding carboxylic acids is 3. The molecule has 4 rings (SSSR count). The third-order valence-corrected chi connectivity index (χ3v) is 8.49. The van der Waals surface area contributed by atoms with Crippen LogP contribution in [0.2, 0.25) is 0 Å². The first-order valence-corrected chi connectivity index (χ1v) is 12.4. The molecule has 0 aromatic carbocycles. The Morgan fingerprint density at radius 3 is 2.23 bits per heavy atom. The number of aliphatic hydroxyl groups is 1. The molecule has 2 saturated heterocycles. The Labute approximate surface area is 206 Å². The van der Waals surface area contributed by atoms with E-state index >= 15 is 0 Å². The summed E-state index contributed by atoms with van der Waals surface area (Å²) < 4.78 is 30.6. The predicted molar refractivity (Wildman–Crippen MR) is 123 cm³/mol. The van der Waals surface area contributed by atoms with Crippen LogP contribution in [-0.4, -0.2) is 64.4 Å². The van der Waals surface area contributed by atoms with Gasteiger partial charge in [-0.1, -0.05) is 19.9 Å². The summed E-state index contributed by atoms with van der Waals surface area (Å²) in [6.45, 7) is 13.4. The van der Waals surface area contributed by atoms with Gasteiger partial charge in [0.05, 0.1) is 17.8 Å². The molecule has 1 aliphatic carbocycles. The van der Waals surface area contributed by atoms with Crippen molar-refractivity contribution in [2.45, 2.75) is 110 Å². The summed E-state index contributed by atoms with van der Waals surface area (Å²) in [4.78, 5) is 37.0. The third kappa shape index (κ3) is 4.09. The van der Waals surface area contributed by atoms with Crippen LogP contribution in [0.5, 0.6) is 0 Å². The minimum Gasteiger partial charge on any atom is -0.458 e. The maximum absolute atomic E-state index is 12.4. The van der Waals surface area contributed by atoms with Gasteiger partial charge in [0.1, 0.15) is 6.10 Å². The summed E-state index contributed by atoms with van der Waals surface area (Å²) in [6, 6.07) is 0. The molecule has 4 aliphatic rings. The average Bonchev–Trinajstić information content (AvgIpc) is 3.24. The van der Waals surface area contributed by atoms with Crippen molar-refractivity contribution in [2.24, 2.45) is 23.7 Å². The zero-order valence-corrected chi connectivity index (χ0v) is 21.8. The minimum absolute atomic E-state index is 0.00801. The van der Waals surface area contributed by atoms with E-state index in [0.717, 1.165) is 0 Å². The standard InChI is InChI=1S/C26H38O9/c1-12(2)18-19-20(17-11-13(3)26(30)10-9-24(7,35-26)22(19)33-17)25(8,34-16(6)29)23(32-15(5)28)21(18)31-14(4)27/h11-12,17-23,30H,9-10H2,1-8H3/t17-,18-,19-,20-,21+,22-,23+,24?,25+,26?/m1/s1. The molecule has 9 nitrogen and oxygen atoms in total. The highest BCUT2D eigenvalue weighted by molar-refractivity contribution is 5.69. The van der Waals surface area contributed by atoms with E-state index in [1.165, 1.54) is 20.8 Å². The zero-order valence-electron chi connectivity index (χ0n) is 21.8. The fourth-order valence-electron chi connectivity index (χ4n) is 7.25. The van der Waals surface area contributed by atoms with Crippen molar-refractivity contribution in [2.75, 3.05) is 0 Å². The molecule has 0 radical (unpaired) electrons. The van der Waals surface area contributed by atoms with Crippen molar-refractivity contribution in [3.05, 3.63) is 11.6 Å². The Hall–Kier alpha value is -1.97. The summed E-state index contributed by atoms with van der Waals surface area (Å²) in [6.07, 6.45) is -0.0906. The van der Waals surface area contributed by atoms with Crippen LogP contribution in [0.4, 0.5) is 0 Å². The number of carbonyl (C=O) groups is 3. The first kappa shape index (κ1) is 26.1. The molecular formula is C26H38O9. The molecule has 9 heteroatoms. The number of esters is 3. The normalized spacial score (nSPS) is 46.2. The number of hydrogen-bond donors (Lipinski definition) is 1. The van der Waals surface area contributed by atoms with Crippen LogP contribution in [0.15, 0.2) is 11.6 Å². The topological polar surface area (TPSA) is 118 Å². The fraction of sp³-hybridized carbons (Fsp3) is 0.808. The Kier molecular flexibility index (Phi) is 6.38. The predicted octanol–water partition coefficient (Wildman–Crippen LogP) is 2.67. The molecule has 1 saturated carbocycles. The van der Waals surface area contributed by atoms with Gasteiger partial charge in [-0.25, -0.2) is 0 Å². The third-order valence-electron chi connectivity index (χ3n) is 8.49. The quantitative estimate of drug-likeness (QED) is 0.357. The van der Waals surface area contributed by atoms with Crippen LogP contribution in [0, 0.1) is 23.7 Å². The molecular weight excluding hydrogens is 456 g/mol. The number of hydrogen-bond acceptors (Lipinski definition) is 9. The van der Waals surface area contributed by atoms with Gasteiger partial charge in [-0.2, -0.15) is 0 Å². The largest absolute Gasteiger partial charge is 0.458 e. The lowest BCUT2D eigenvalue weighted by Gasteiger charge is -2.55. The average molecular weight is 495 g/mol. The summed E-state index contributed by atoms with van der Waals surface area (Å²) in [5, 5.41) is 11.3. The molecule has 35 heavy (non-hydrogen) atoms. The smallest absolute Gasteiger partial charge is 0.303 e. The van der Waals surface area contributed by atoms with Gasteiger partial charge in [0.25, 0.3) is 0 Å². The number of rotatable bonds is 4. The lowest BCUT2D eigenvalue weighted by Crippen LogP contribution is -2.68. The Morgan fingerprint density at radius 1 is 1.06 bits per heavy atom. The molecule has 2 unspecified atom stereocenters. The van der Waals surface area contributed by atoms with Crippen molar-refractivity contribution in [3.8, 4) is 0 Å². The van der Waals surface area contributed by atoms with Crippen LogP contribution in [0.3, 0.4) is 0 Å². The van der Waals surface area contributed by atoms with Gasteiger partial charge in [-0.05, 0) is 38.7 Å². The van der Waals surface area contributed by atoms with E-state index in [1.54, 1.807) is 13.8 Å². The van der Waals surface area contributed by atoms with Crippen LogP contribution in [0.25, 0.3) is 0 Å². The molecule has 0 aromatic heterocycles. The monoisotopic (exact) mass is 494 g/mol. The Balaban J connectivity index is 1.97. The summed E-state index contributed by atoms with van der Waals surface area (Å²) in [5.41, 5.74) is -1.56. The van der Waals surface area contributed by atoms with Crippen LogP contribution >= 0.6 is 0 Å². The van der Waals surface area contributed by atoms with Crippen LogP contribution in [-0.2, 0) is 38.1 Å². The fourth-order valence-corrected chi connectivity index (χ4v) is 7.25. The second-order valence-electron chi connectivity index (χ2n) is 11.4. The summed E-state index contributed by atoms with van der Waals surface area (Å²) in [7, 11) is 0. The van der Waals surface area contributed by atoms with Crippen molar-refractivity contribution in [3.63, 3.8) is 0 Å². The van der Waals surface area contributed by atoms with Gasteiger partial charge in [0.2, 0.25) is 0 Å². The maximum Gasteiger partial charge on any atom is 0.303 e. The highest BCUT2D eigenvalue weighted by atomic mass is 16.7. The highest BCUT2D eigenvalue weighted by Gasteiger charge is 2.72. The summed E-state index contributed by atoms with van der Waals surface area (Å²) >= 11 is 0. The highest BCUT2D eigenvalue weighted by Crippen LogP contribution is 2.61. The minimum atomic E-state index is -1.40. The SMILES string of the molecule is CC(=O)O[C@H]1[C@H](C(C)C)[C@@H]2[C@@H]([C@H]3C=C(C)C4(O)CCC(C)(O4)[C@@H]2O3)[C@](C)(OC(C)=O)[C@H]1OC(C)=O. The molecule has 3 fully saturated rings. The molecule has 196 valence electrons. The molecule has 3 heterocycles. The van der Waals surface area contributed by atoms with E-state index in [1.807, 2.05) is 26.8 Å². The van der Waals surface area contributed by atoms with Crippen molar-refractivity contribution >= 4 is 17.9 Å². The van der Waals surface area contributed by atoms with Crippen LogP contribution < -0.4 is 0 Å². The van der Waals surface area contributed by atoms with Crippen LogP contribution in [0.1, 0.15) is 68.2 Å². The van der Waals surface area contributed by atoms with Crippen molar-refractivity contribution < 1.29 is 43.2 Å². The Morgan fingerprint density at radius 2 is 1.69 bits per heavy atom. The second kappa shape index (κ2) is 8.56. The first-order valence-electron chi connectivity index (χ1n) is 12.4. The van der Waals surface area contributed by atoms with E-state index in [-0.39, 0.29) is 17.8 Å². The molecule has 4 bridgehead atoms. The van der Waals surface area contributed by atoms with E-state index in [0.29, 0.717) is 18.4 Å². The van der Waals surface area contributed by atoms with Gasteiger partial charge in [-0.3, -0.25) is 14.4 Å². The van der Waals surface area contributed by atoms with Gasteiger partial charge in [-0.15, -0.1) is 0 Å². The first-order chi connectivity index (χ1) is 16.1. The molecule has 0 aromatic rings. The lowest BCUT2D eigenvalue weighted by atomic mass is 9.55. The van der Waals surface area contributed by atoms with Crippen molar-refractivity contribution in [1.29, 1.82) is 0 Å². The van der Waals surface area contributed by atoms with E-state index in [9.17, 15) is 19.5 Å². The molecule has 0 amide bonds. The molecule has 0 spiro atoms. The van der Waals surface area contributed by atoms with E-state index in [2.05, 4.69) is 0 Å². The maximum atomic E-state index is 12.4. The van der Waals surface area contributed by atoms with E-state index < -0.39 is 65.2 Å². The zero-order chi connectivity index (χ0) is 26.1. The number of fused-ring (bicyclic) bond motifs is 8. The Bertz CT molecular complexity index is 943. The second-order valence-corrected chi connectivity index (χ2v) is 11.4.